The Morgan fingerprint density at radius 1 is 1.20 bits per heavy atom. The van der Waals surface area contributed by atoms with Crippen molar-refractivity contribution in [3.05, 3.63) is 41.2 Å². The summed E-state index contributed by atoms with van der Waals surface area (Å²) in [5.41, 5.74) is 2.21. The maximum absolute atomic E-state index is 12.8. The second-order valence-electron chi connectivity index (χ2n) is 8.20. The molecule has 0 N–H and O–H groups in total. The molecule has 1 aliphatic rings. The third-order valence-corrected chi connectivity index (χ3v) is 9.14. The standard InChI is InChI=1S/C22H25F3N6O2S2/c1-4-35(33,29-20(32)22(23,24)25)17-12-26-21(27-13-17)31-9-7-30(8-10-31)14(2)16-5-6-19-18(11-16)28-15(3)34-19/h5-6,11-14H,4,7-10H2,1-3H3. The monoisotopic (exact) mass is 526 g/mol. The van der Waals surface area contributed by atoms with Gasteiger partial charge in [0, 0.05) is 50.4 Å². The molecule has 1 aliphatic heterocycles. The van der Waals surface area contributed by atoms with Crippen molar-refractivity contribution in [2.45, 2.75) is 37.9 Å². The molecular weight excluding hydrogens is 501 g/mol. The van der Waals surface area contributed by atoms with E-state index in [4.69, 9.17) is 0 Å². The molecule has 0 aliphatic carbocycles. The number of anilines is 1. The molecule has 2 aromatic heterocycles. The van der Waals surface area contributed by atoms with Gasteiger partial charge in [-0.1, -0.05) is 13.0 Å². The van der Waals surface area contributed by atoms with E-state index in [-0.39, 0.29) is 16.7 Å². The van der Waals surface area contributed by atoms with Gasteiger partial charge in [0.15, 0.2) is 0 Å². The largest absolute Gasteiger partial charge is 0.474 e. The van der Waals surface area contributed by atoms with Gasteiger partial charge in [0.25, 0.3) is 0 Å². The van der Waals surface area contributed by atoms with Crippen molar-refractivity contribution in [1.82, 2.24) is 19.9 Å². The van der Waals surface area contributed by atoms with Crippen molar-refractivity contribution in [2.75, 3.05) is 36.8 Å². The van der Waals surface area contributed by atoms with E-state index in [0.29, 0.717) is 19.0 Å². The summed E-state index contributed by atoms with van der Waals surface area (Å²) < 4.78 is 54.7. The minimum Gasteiger partial charge on any atom is -0.338 e. The molecule has 3 aromatic rings. The van der Waals surface area contributed by atoms with Crippen LogP contribution >= 0.6 is 11.3 Å². The van der Waals surface area contributed by atoms with E-state index in [1.54, 1.807) is 11.3 Å². The van der Waals surface area contributed by atoms with Crippen LogP contribution in [0.25, 0.3) is 10.2 Å². The number of hydrogen-bond acceptors (Lipinski definition) is 8. The molecule has 1 saturated heterocycles. The molecule has 188 valence electrons. The van der Waals surface area contributed by atoms with Crippen LogP contribution in [-0.4, -0.2) is 68.1 Å². The summed E-state index contributed by atoms with van der Waals surface area (Å²) in [7, 11) is -3.60. The summed E-state index contributed by atoms with van der Waals surface area (Å²) in [6.45, 7) is 8.40. The molecule has 0 spiro atoms. The minimum absolute atomic E-state index is 0.0960. The van der Waals surface area contributed by atoms with Crippen LogP contribution in [0.3, 0.4) is 0 Å². The predicted molar refractivity (Wildman–Crippen MR) is 129 cm³/mol. The number of benzene rings is 1. The van der Waals surface area contributed by atoms with Gasteiger partial charge in [-0.05, 0) is 31.5 Å². The summed E-state index contributed by atoms with van der Waals surface area (Å²) in [4.78, 5) is 28.5. The average molecular weight is 527 g/mol. The second-order valence-corrected chi connectivity index (χ2v) is 11.9. The molecule has 13 heteroatoms. The number of carbonyl (C=O) groups excluding carboxylic acids is 1. The zero-order valence-corrected chi connectivity index (χ0v) is 21.1. The van der Waals surface area contributed by atoms with Gasteiger partial charge in [0.05, 0.1) is 29.8 Å². The van der Waals surface area contributed by atoms with Gasteiger partial charge in [0.2, 0.25) is 5.95 Å². The lowest BCUT2D eigenvalue weighted by Crippen LogP contribution is -2.47. The van der Waals surface area contributed by atoms with E-state index in [0.717, 1.165) is 23.6 Å². The zero-order chi connectivity index (χ0) is 25.4. The highest BCUT2D eigenvalue weighted by Crippen LogP contribution is 2.28. The van der Waals surface area contributed by atoms with E-state index >= 15 is 0 Å². The lowest BCUT2D eigenvalue weighted by atomic mass is 10.1. The summed E-state index contributed by atoms with van der Waals surface area (Å²) in [5.74, 6) is -2.25. The van der Waals surface area contributed by atoms with Gasteiger partial charge < -0.3 is 4.90 Å². The van der Waals surface area contributed by atoms with Crippen LogP contribution < -0.4 is 4.90 Å². The maximum atomic E-state index is 12.8. The van der Waals surface area contributed by atoms with Gasteiger partial charge in [-0.3, -0.25) is 9.69 Å². The van der Waals surface area contributed by atoms with Gasteiger partial charge in [0.1, 0.15) is 0 Å². The Labute approximate surface area is 205 Å². The third kappa shape index (κ3) is 5.46. The maximum Gasteiger partial charge on any atom is 0.474 e. The van der Waals surface area contributed by atoms with Crippen molar-refractivity contribution < 1.29 is 22.2 Å². The first-order chi connectivity index (χ1) is 16.5. The molecule has 0 saturated carbocycles. The van der Waals surface area contributed by atoms with Gasteiger partial charge in [-0.15, -0.1) is 15.7 Å². The van der Waals surface area contributed by atoms with Crippen LogP contribution in [0, 0.1) is 6.92 Å². The van der Waals surface area contributed by atoms with Crippen molar-refractivity contribution in [1.29, 1.82) is 0 Å². The lowest BCUT2D eigenvalue weighted by Gasteiger charge is -2.38. The Morgan fingerprint density at radius 3 is 2.46 bits per heavy atom. The number of halogens is 3. The Hall–Kier alpha value is -2.64. The summed E-state index contributed by atoms with van der Waals surface area (Å²) >= 11 is 1.68. The summed E-state index contributed by atoms with van der Waals surface area (Å²) in [5, 5.41) is 1.04. The van der Waals surface area contributed by atoms with Crippen molar-refractivity contribution in [3.63, 3.8) is 0 Å². The zero-order valence-electron chi connectivity index (χ0n) is 19.4. The molecule has 8 nitrogen and oxygen atoms in total. The number of aryl methyl sites for hydroxylation is 1. The highest BCUT2D eigenvalue weighted by atomic mass is 32.2. The topological polar surface area (TPSA) is 91.7 Å². The first kappa shape index (κ1) is 25.5. The first-order valence-corrected chi connectivity index (χ1v) is 13.5. The average Bonchev–Trinajstić information content (AvgIpc) is 3.22. The molecule has 1 aromatic carbocycles. The number of nitrogens with zero attached hydrogens (tertiary/aromatic N) is 6. The Balaban J connectivity index is 1.43. The molecular formula is C22H25F3N6O2S2. The van der Waals surface area contributed by atoms with E-state index in [1.165, 1.54) is 29.6 Å². The molecule has 3 heterocycles. The SMILES string of the molecule is CCS(=O)(=NC(=O)C(F)(F)F)c1cnc(N2CCN(C(C)c3ccc4sc(C)nc4c3)CC2)nc1. The van der Waals surface area contributed by atoms with Crippen LogP contribution in [0.5, 0.6) is 0 Å². The number of aromatic nitrogens is 3. The smallest absolute Gasteiger partial charge is 0.338 e. The number of carbonyl (C=O) groups is 1. The van der Waals surface area contributed by atoms with Crippen LogP contribution in [-0.2, 0) is 14.5 Å². The Bertz CT molecular complexity index is 1340. The normalized spacial score (nSPS) is 17.8. The van der Waals surface area contributed by atoms with E-state index in [9.17, 15) is 22.2 Å². The second kappa shape index (κ2) is 9.78. The fourth-order valence-corrected chi connectivity index (χ4v) is 6.13. The number of fused-ring (bicyclic) bond motifs is 1. The van der Waals surface area contributed by atoms with Gasteiger partial charge in [-0.25, -0.2) is 19.2 Å². The van der Waals surface area contributed by atoms with E-state index in [2.05, 4.69) is 49.3 Å². The van der Waals surface area contributed by atoms with Gasteiger partial charge in [-0.2, -0.15) is 13.2 Å². The fraction of sp³-hybridized carbons (Fsp3) is 0.455. The molecule has 0 bridgehead atoms. The van der Waals surface area contributed by atoms with Gasteiger partial charge >= 0.3 is 12.1 Å². The van der Waals surface area contributed by atoms with E-state index in [1.807, 2.05) is 11.8 Å². The van der Waals surface area contributed by atoms with Crippen LogP contribution in [0.15, 0.2) is 39.9 Å². The first-order valence-electron chi connectivity index (χ1n) is 11.0. The quantitative estimate of drug-likeness (QED) is 0.492. The summed E-state index contributed by atoms with van der Waals surface area (Å²) in [6, 6.07) is 6.59. The number of piperazine rings is 1. The number of hydrogen-bond donors (Lipinski definition) is 0. The highest BCUT2D eigenvalue weighted by Gasteiger charge is 2.40. The predicted octanol–water partition coefficient (Wildman–Crippen LogP) is 4.21. The van der Waals surface area contributed by atoms with Crippen molar-refractivity contribution in [3.8, 4) is 0 Å². The number of alkyl halides is 3. The minimum atomic E-state index is -5.18. The van der Waals surface area contributed by atoms with Crippen LogP contribution in [0.2, 0.25) is 0 Å². The number of amides is 1. The lowest BCUT2D eigenvalue weighted by molar-refractivity contribution is -0.169. The van der Waals surface area contributed by atoms with Crippen molar-refractivity contribution >= 4 is 43.1 Å². The molecule has 0 radical (unpaired) electrons. The molecule has 1 fully saturated rings. The summed E-state index contributed by atoms with van der Waals surface area (Å²) in [6.07, 6.45) is -2.79. The highest BCUT2D eigenvalue weighted by molar-refractivity contribution is 7.93. The van der Waals surface area contributed by atoms with E-state index < -0.39 is 21.8 Å². The number of rotatable bonds is 5. The van der Waals surface area contributed by atoms with Crippen LogP contribution in [0.1, 0.15) is 30.5 Å². The number of thiazole rings is 1. The third-order valence-electron chi connectivity index (χ3n) is 5.99. The van der Waals surface area contributed by atoms with Crippen molar-refractivity contribution in [2.24, 2.45) is 4.36 Å². The molecule has 2 unspecified atom stereocenters. The molecule has 1 amide bonds. The Morgan fingerprint density at radius 2 is 1.86 bits per heavy atom. The molecule has 35 heavy (non-hydrogen) atoms. The molecule has 4 rings (SSSR count). The Kier molecular flexibility index (Phi) is 7.11. The fourth-order valence-electron chi connectivity index (χ4n) is 3.95. The van der Waals surface area contributed by atoms with Crippen LogP contribution in [0.4, 0.5) is 19.1 Å². The molecule has 2 atom stereocenters.